The average Bonchev–Trinajstić information content (AvgIpc) is 2.89. The van der Waals surface area contributed by atoms with Crippen LogP contribution < -0.4 is 0 Å². The van der Waals surface area contributed by atoms with Crippen molar-refractivity contribution in [3.05, 3.63) is 0 Å². The fraction of sp³-hybridized carbons (Fsp3) is 1.00. The van der Waals surface area contributed by atoms with E-state index in [-0.39, 0.29) is 0 Å². The maximum atomic E-state index is 4.65. The van der Waals surface area contributed by atoms with Gasteiger partial charge in [0.1, 0.15) is 0 Å². The Morgan fingerprint density at radius 3 is 1.89 bits per heavy atom. The van der Waals surface area contributed by atoms with Crippen LogP contribution in [0.25, 0.3) is 0 Å². The lowest BCUT2D eigenvalue weighted by Crippen LogP contribution is -2.45. The highest BCUT2D eigenvalue weighted by Crippen LogP contribution is 2.42. The van der Waals surface area contributed by atoms with Gasteiger partial charge in [0.15, 0.2) is 0 Å². The van der Waals surface area contributed by atoms with E-state index in [9.17, 15) is 0 Å². The zero-order valence-electron chi connectivity index (χ0n) is 12.4. The molecule has 1 saturated carbocycles. The van der Waals surface area contributed by atoms with E-state index in [1.165, 1.54) is 71.0 Å². The van der Waals surface area contributed by atoms with Gasteiger partial charge in [-0.05, 0) is 55.4 Å². The normalized spacial score (nSPS) is 27.5. The first-order chi connectivity index (χ1) is 8.67. The lowest BCUT2D eigenvalue weighted by molar-refractivity contribution is 0.0674. The van der Waals surface area contributed by atoms with Crippen molar-refractivity contribution in [1.82, 2.24) is 4.90 Å². The summed E-state index contributed by atoms with van der Waals surface area (Å²) in [6, 6.07) is 0. The molecule has 1 aliphatic heterocycles. The zero-order valence-corrected chi connectivity index (χ0v) is 13.3. The van der Waals surface area contributed by atoms with Gasteiger partial charge >= 0.3 is 0 Å². The van der Waals surface area contributed by atoms with Crippen LogP contribution in [0.2, 0.25) is 0 Å². The predicted octanol–water partition coefficient (Wildman–Crippen LogP) is 4.38. The molecule has 0 amide bonds. The Morgan fingerprint density at radius 2 is 1.44 bits per heavy atom. The van der Waals surface area contributed by atoms with Gasteiger partial charge in [-0.25, -0.2) is 0 Å². The quantitative estimate of drug-likeness (QED) is 0.725. The smallest absolute Gasteiger partial charge is 0.00458 e. The Kier molecular flexibility index (Phi) is 5.05. The molecule has 2 aliphatic rings. The number of piperidine rings is 1. The molecule has 0 spiro atoms. The summed E-state index contributed by atoms with van der Waals surface area (Å²) in [5.41, 5.74) is 1.22. The van der Waals surface area contributed by atoms with E-state index < -0.39 is 0 Å². The summed E-state index contributed by atoms with van der Waals surface area (Å²) in [7, 11) is 0. The van der Waals surface area contributed by atoms with Gasteiger partial charge in [-0.15, -0.1) is 0 Å². The molecule has 0 N–H and O–H groups in total. The third-order valence-corrected chi connectivity index (χ3v) is 6.65. The molecule has 0 radical (unpaired) electrons. The van der Waals surface area contributed by atoms with Gasteiger partial charge in [0.25, 0.3) is 0 Å². The Bertz CT molecular complexity index is 244. The highest BCUT2D eigenvalue weighted by Gasteiger charge is 2.37. The molecule has 1 aliphatic carbocycles. The zero-order chi connectivity index (χ0) is 13.1. The minimum absolute atomic E-state index is 0.557. The van der Waals surface area contributed by atoms with Crippen molar-refractivity contribution >= 4 is 12.6 Å². The summed E-state index contributed by atoms with van der Waals surface area (Å²) in [5, 5.41) is 0. The SMILES string of the molecule is CCC1(CC)CCN(CC2(CS)CCCC2)CC1. The molecule has 0 atom stereocenters. The number of rotatable bonds is 5. The third-order valence-electron chi connectivity index (χ3n) is 5.98. The lowest BCUT2D eigenvalue weighted by Gasteiger charge is -2.44. The first-order valence-electron chi connectivity index (χ1n) is 8.01. The van der Waals surface area contributed by atoms with E-state index in [0.29, 0.717) is 10.8 Å². The minimum atomic E-state index is 0.557. The summed E-state index contributed by atoms with van der Waals surface area (Å²) in [4.78, 5) is 2.74. The van der Waals surface area contributed by atoms with Crippen LogP contribution in [0.1, 0.15) is 65.2 Å². The van der Waals surface area contributed by atoms with Crippen LogP contribution in [0.4, 0.5) is 0 Å². The van der Waals surface area contributed by atoms with Gasteiger partial charge in [0.05, 0.1) is 0 Å². The highest BCUT2D eigenvalue weighted by atomic mass is 32.1. The van der Waals surface area contributed by atoms with Crippen molar-refractivity contribution in [3.63, 3.8) is 0 Å². The molecule has 0 aromatic carbocycles. The van der Waals surface area contributed by atoms with E-state index >= 15 is 0 Å². The van der Waals surface area contributed by atoms with Crippen LogP contribution >= 0.6 is 12.6 Å². The fourth-order valence-electron chi connectivity index (χ4n) is 4.11. The average molecular weight is 269 g/mol. The molecular formula is C16H31NS. The van der Waals surface area contributed by atoms with E-state index in [2.05, 4.69) is 31.4 Å². The second-order valence-corrected chi connectivity index (χ2v) is 7.16. The molecular weight excluding hydrogens is 238 g/mol. The number of hydrogen-bond acceptors (Lipinski definition) is 2. The number of thiol groups is 1. The lowest BCUT2D eigenvalue weighted by atomic mass is 9.73. The number of hydrogen-bond donors (Lipinski definition) is 1. The summed E-state index contributed by atoms with van der Waals surface area (Å²) in [6.07, 6.45) is 11.3. The van der Waals surface area contributed by atoms with Crippen LogP contribution in [0.15, 0.2) is 0 Å². The summed E-state index contributed by atoms with van der Waals surface area (Å²) in [5.74, 6) is 1.09. The Hall–Kier alpha value is 0.310. The van der Waals surface area contributed by atoms with Crippen molar-refractivity contribution < 1.29 is 0 Å². The van der Waals surface area contributed by atoms with Crippen LogP contribution in [-0.2, 0) is 0 Å². The Morgan fingerprint density at radius 1 is 0.889 bits per heavy atom. The second kappa shape index (κ2) is 6.17. The predicted molar refractivity (Wildman–Crippen MR) is 83.4 cm³/mol. The molecule has 1 heterocycles. The maximum Gasteiger partial charge on any atom is 0.00458 e. The van der Waals surface area contributed by atoms with E-state index in [4.69, 9.17) is 0 Å². The maximum absolute atomic E-state index is 4.65. The standard InChI is InChI=1S/C16H31NS/c1-3-15(4-2)9-11-17(12-10-15)13-16(14-18)7-5-6-8-16/h18H,3-14H2,1-2H3. The van der Waals surface area contributed by atoms with Crippen LogP contribution in [0.3, 0.4) is 0 Å². The molecule has 0 bridgehead atoms. The summed E-state index contributed by atoms with van der Waals surface area (Å²) >= 11 is 4.65. The van der Waals surface area contributed by atoms with E-state index in [0.717, 1.165) is 5.75 Å². The van der Waals surface area contributed by atoms with Crippen molar-refractivity contribution in [2.45, 2.75) is 65.2 Å². The van der Waals surface area contributed by atoms with Gasteiger partial charge < -0.3 is 4.90 Å². The molecule has 106 valence electrons. The largest absolute Gasteiger partial charge is 0.303 e. The summed E-state index contributed by atoms with van der Waals surface area (Å²) in [6.45, 7) is 8.74. The van der Waals surface area contributed by atoms with Gasteiger partial charge in [-0.3, -0.25) is 0 Å². The second-order valence-electron chi connectivity index (χ2n) is 6.85. The van der Waals surface area contributed by atoms with Gasteiger partial charge in [0.2, 0.25) is 0 Å². The number of nitrogens with zero attached hydrogens (tertiary/aromatic N) is 1. The molecule has 1 saturated heterocycles. The van der Waals surface area contributed by atoms with Crippen molar-refractivity contribution in [2.75, 3.05) is 25.4 Å². The highest BCUT2D eigenvalue weighted by molar-refractivity contribution is 7.80. The van der Waals surface area contributed by atoms with Crippen LogP contribution in [0, 0.1) is 10.8 Å². The minimum Gasteiger partial charge on any atom is -0.303 e. The Balaban J connectivity index is 1.86. The molecule has 0 aromatic heterocycles. The molecule has 18 heavy (non-hydrogen) atoms. The van der Waals surface area contributed by atoms with E-state index in [1.54, 1.807) is 0 Å². The molecule has 2 fully saturated rings. The first-order valence-corrected chi connectivity index (χ1v) is 8.64. The molecule has 2 heteroatoms. The monoisotopic (exact) mass is 269 g/mol. The van der Waals surface area contributed by atoms with Gasteiger partial charge in [-0.2, -0.15) is 12.6 Å². The van der Waals surface area contributed by atoms with Gasteiger partial charge in [-0.1, -0.05) is 39.5 Å². The molecule has 1 nitrogen and oxygen atoms in total. The molecule has 0 unspecified atom stereocenters. The van der Waals surface area contributed by atoms with Crippen molar-refractivity contribution in [1.29, 1.82) is 0 Å². The van der Waals surface area contributed by atoms with Crippen LogP contribution in [0.5, 0.6) is 0 Å². The number of likely N-dealkylation sites (tertiary alicyclic amines) is 1. The molecule has 2 rings (SSSR count). The van der Waals surface area contributed by atoms with Gasteiger partial charge in [0, 0.05) is 6.54 Å². The Labute approximate surface area is 119 Å². The van der Waals surface area contributed by atoms with E-state index in [1.807, 2.05) is 0 Å². The van der Waals surface area contributed by atoms with Crippen molar-refractivity contribution in [2.24, 2.45) is 10.8 Å². The topological polar surface area (TPSA) is 3.24 Å². The summed E-state index contributed by atoms with van der Waals surface area (Å²) < 4.78 is 0. The first kappa shape index (κ1) is 14.7. The fourth-order valence-corrected chi connectivity index (χ4v) is 4.52. The van der Waals surface area contributed by atoms with Crippen LogP contribution in [-0.4, -0.2) is 30.3 Å². The van der Waals surface area contributed by atoms with Crippen molar-refractivity contribution in [3.8, 4) is 0 Å². The molecule has 0 aromatic rings. The third kappa shape index (κ3) is 3.07.